The molecule has 1 atom stereocenters. The fraction of sp³-hybridized carbons (Fsp3) is 0.478. The average Bonchev–Trinajstić information content (AvgIpc) is 2.59. The topological polar surface area (TPSA) is 32.7 Å². The second kappa shape index (κ2) is 10.5. The van der Waals surface area contributed by atoms with Crippen molar-refractivity contribution < 1.29 is 14.2 Å². The van der Waals surface area contributed by atoms with E-state index in [1.807, 2.05) is 0 Å². The summed E-state index contributed by atoms with van der Waals surface area (Å²) in [6.07, 6.45) is -0.560. The van der Waals surface area contributed by atoms with Gasteiger partial charge < -0.3 is 9.84 Å². The number of hydrogen-bond acceptors (Lipinski definition) is 3. The molecule has 0 aliphatic carbocycles. The number of aliphatic hydroxyl groups excluding tert-OH is 1. The van der Waals surface area contributed by atoms with Crippen LogP contribution in [0.3, 0.4) is 0 Å². The Morgan fingerprint density at radius 3 is 2.33 bits per heavy atom. The summed E-state index contributed by atoms with van der Waals surface area (Å²) in [6, 6.07) is 13.0. The molecule has 0 amide bonds. The van der Waals surface area contributed by atoms with Gasteiger partial charge in [-0.05, 0) is 48.6 Å². The number of aryl methyl sites for hydroxylation is 2. The summed E-state index contributed by atoms with van der Waals surface area (Å²) in [5.41, 5.74) is 4.74. The fourth-order valence-electron chi connectivity index (χ4n) is 3.09. The van der Waals surface area contributed by atoms with E-state index in [1.165, 1.54) is 28.8 Å². The van der Waals surface area contributed by atoms with Crippen molar-refractivity contribution >= 4 is 0 Å². The number of rotatable bonds is 10. The standard InChI is InChI=1S/C23H32FNO2/c1-17(2)15-27-16-23(26)14-25(12-20-6-9-22(24)10-7-20)13-21-8-5-18(3)11-19(21)4/h5-11,17,23,26H,12-16H2,1-4H3/t23-/m1/s1. The first kappa shape index (κ1) is 21.5. The number of hydrogen-bond donors (Lipinski definition) is 1. The Labute approximate surface area is 162 Å². The summed E-state index contributed by atoms with van der Waals surface area (Å²) in [5, 5.41) is 10.4. The summed E-state index contributed by atoms with van der Waals surface area (Å²) in [7, 11) is 0. The van der Waals surface area contributed by atoms with E-state index in [0.29, 0.717) is 32.2 Å². The molecule has 148 valence electrons. The quantitative estimate of drug-likeness (QED) is 0.667. The van der Waals surface area contributed by atoms with E-state index in [2.05, 4.69) is 50.8 Å². The van der Waals surface area contributed by atoms with Crippen LogP contribution >= 0.6 is 0 Å². The van der Waals surface area contributed by atoms with Crippen LogP contribution in [0.1, 0.15) is 36.1 Å². The summed E-state index contributed by atoms with van der Waals surface area (Å²) >= 11 is 0. The van der Waals surface area contributed by atoms with E-state index in [-0.39, 0.29) is 5.82 Å². The molecule has 3 nitrogen and oxygen atoms in total. The van der Waals surface area contributed by atoms with E-state index in [1.54, 1.807) is 12.1 Å². The van der Waals surface area contributed by atoms with Gasteiger partial charge in [-0.1, -0.05) is 49.7 Å². The van der Waals surface area contributed by atoms with Crippen molar-refractivity contribution in [2.75, 3.05) is 19.8 Å². The molecule has 0 heterocycles. The highest BCUT2D eigenvalue weighted by Gasteiger charge is 2.15. The lowest BCUT2D eigenvalue weighted by Crippen LogP contribution is -2.34. The molecule has 0 aliphatic heterocycles. The molecular weight excluding hydrogens is 341 g/mol. The Morgan fingerprint density at radius 1 is 1.00 bits per heavy atom. The maximum absolute atomic E-state index is 13.2. The Morgan fingerprint density at radius 2 is 1.70 bits per heavy atom. The van der Waals surface area contributed by atoms with Crippen LogP contribution in [-0.2, 0) is 17.8 Å². The van der Waals surface area contributed by atoms with Crippen molar-refractivity contribution in [2.45, 2.75) is 46.9 Å². The molecule has 0 bridgehead atoms. The van der Waals surface area contributed by atoms with E-state index in [0.717, 1.165) is 12.1 Å². The molecule has 0 spiro atoms. The number of benzene rings is 2. The predicted octanol–water partition coefficient (Wildman–Crippen LogP) is 4.48. The minimum Gasteiger partial charge on any atom is -0.389 e. The van der Waals surface area contributed by atoms with Crippen LogP contribution in [0.25, 0.3) is 0 Å². The molecule has 2 aromatic rings. The summed E-state index contributed by atoms with van der Waals surface area (Å²) < 4.78 is 18.8. The highest BCUT2D eigenvalue weighted by atomic mass is 19.1. The number of nitrogens with zero attached hydrogens (tertiary/aromatic N) is 1. The lowest BCUT2D eigenvalue weighted by molar-refractivity contribution is 0.00551. The molecule has 4 heteroatoms. The third-order valence-electron chi connectivity index (χ3n) is 4.44. The highest BCUT2D eigenvalue weighted by molar-refractivity contribution is 5.30. The van der Waals surface area contributed by atoms with Crippen molar-refractivity contribution in [1.82, 2.24) is 4.90 Å². The van der Waals surface area contributed by atoms with Crippen molar-refractivity contribution in [3.63, 3.8) is 0 Å². The highest BCUT2D eigenvalue weighted by Crippen LogP contribution is 2.16. The minimum absolute atomic E-state index is 0.234. The molecule has 0 unspecified atom stereocenters. The normalized spacial score (nSPS) is 12.7. The van der Waals surface area contributed by atoms with Gasteiger partial charge in [0.05, 0.1) is 12.7 Å². The third-order valence-corrected chi connectivity index (χ3v) is 4.44. The van der Waals surface area contributed by atoms with Gasteiger partial charge >= 0.3 is 0 Å². The first-order valence-corrected chi connectivity index (χ1v) is 9.62. The van der Waals surface area contributed by atoms with Gasteiger partial charge in [-0.3, -0.25) is 4.90 Å². The smallest absolute Gasteiger partial charge is 0.123 e. The molecule has 1 N–H and O–H groups in total. The first-order chi connectivity index (χ1) is 12.8. The van der Waals surface area contributed by atoms with Crippen LogP contribution in [0.2, 0.25) is 0 Å². The van der Waals surface area contributed by atoms with Gasteiger partial charge in [0, 0.05) is 26.2 Å². The van der Waals surface area contributed by atoms with Crippen LogP contribution in [-0.4, -0.2) is 35.9 Å². The number of halogens is 1. The third kappa shape index (κ3) is 7.79. The van der Waals surface area contributed by atoms with Crippen molar-refractivity contribution in [1.29, 1.82) is 0 Å². The molecule has 0 saturated heterocycles. The van der Waals surface area contributed by atoms with Gasteiger partial charge in [0.1, 0.15) is 5.82 Å². The summed E-state index contributed by atoms with van der Waals surface area (Å²) in [4.78, 5) is 2.19. The second-order valence-electron chi connectivity index (χ2n) is 7.81. The molecule has 2 aromatic carbocycles. The second-order valence-corrected chi connectivity index (χ2v) is 7.81. The molecule has 0 aliphatic rings. The molecule has 0 fully saturated rings. The predicted molar refractivity (Wildman–Crippen MR) is 108 cm³/mol. The molecule has 0 aromatic heterocycles. The summed E-state index contributed by atoms with van der Waals surface area (Å²) in [5.74, 6) is 0.213. The average molecular weight is 374 g/mol. The van der Waals surface area contributed by atoms with Crippen LogP contribution < -0.4 is 0 Å². The van der Waals surface area contributed by atoms with Gasteiger partial charge in [-0.25, -0.2) is 4.39 Å². The van der Waals surface area contributed by atoms with Crippen LogP contribution in [0.15, 0.2) is 42.5 Å². The zero-order valence-corrected chi connectivity index (χ0v) is 16.9. The maximum atomic E-state index is 13.2. The lowest BCUT2D eigenvalue weighted by atomic mass is 10.0. The summed E-state index contributed by atoms with van der Waals surface area (Å²) in [6.45, 7) is 11.2. The van der Waals surface area contributed by atoms with Crippen molar-refractivity contribution in [3.8, 4) is 0 Å². The zero-order chi connectivity index (χ0) is 19.8. The SMILES string of the molecule is Cc1ccc(CN(Cc2ccc(F)cc2)C[C@@H](O)COCC(C)C)c(C)c1. The molecule has 0 radical (unpaired) electrons. The van der Waals surface area contributed by atoms with E-state index in [9.17, 15) is 9.50 Å². The van der Waals surface area contributed by atoms with Crippen LogP contribution in [0.5, 0.6) is 0 Å². The van der Waals surface area contributed by atoms with Crippen molar-refractivity contribution in [2.24, 2.45) is 5.92 Å². The minimum atomic E-state index is -0.560. The number of aliphatic hydroxyl groups is 1. The van der Waals surface area contributed by atoms with Gasteiger partial charge in [0.25, 0.3) is 0 Å². The molecule has 0 saturated carbocycles. The van der Waals surface area contributed by atoms with Crippen LogP contribution in [0, 0.1) is 25.6 Å². The Balaban J connectivity index is 2.06. The lowest BCUT2D eigenvalue weighted by Gasteiger charge is -2.26. The first-order valence-electron chi connectivity index (χ1n) is 9.62. The zero-order valence-electron chi connectivity index (χ0n) is 16.9. The Kier molecular flexibility index (Phi) is 8.42. The van der Waals surface area contributed by atoms with Gasteiger partial charge in [0.15, 0.2) is 0 Å². The van der Waals surface area contributed by atoms with Gasteiger partial charge in [0.2, 0.25) is 0 Å². The maximum Gasteiger partial charge on any atom is 0.123 e. The van der Waals surface area contributed by atoms with E-state index in [4.69, 9.17) is 4.74 Å². The Bertz CT molecular complexity index is 700. The van der Waals surface area contributed by atoms with E-state index >= 15 is 0 Å². The molecular formula is C23H32FNO2. The molecule has 27 heavy (non-hydrogen) atoms. The van der Waals surface area contributed by atoms with Gasteiger partial charge in [-0.2, -0.15) is 0 Å². The monoisotopic (exact) mass is 373 g/mol. The fourth-order valence-corrected chi connectivity index (χ4v) is 3.09. The molecule has 2 rings (SSSR count). The van der Waals surface area contributed by atoms with E-state index < -0.39 is 6.10 Å². The Hall–Kier alpha value is -1.75. The van der Waals surface area contributed by atoms with Crippen LogP contribution in [0.4, 0.5) is 4.39 Å². The largest absolute Gasteiger partial charge is 0.389 e. The van der Waals surface area contributed by atoms with Gasteiger partial charge in [-0.15, -0.1) is 0 Å². The number of ether oxygens (including phenoxy) is 1. The van der Waals surface area contributed by atoms with Crippen molar-refractivity contribution in [3.05, 3.63) is 70.5 Å².